The van der Waals surface area contributed by atoms with E-state index in [1.54, 1.807) is 12.1 Å². The van der Waals surface area contributed by atoms with Gasteiger partial charge in [0, 0.05) is 31.9 Å². The molecule has 7 heteroatoms. The smallest absolute Gasteiger partial charge is 0.319 e. The van der Waals surface area contributed by atoms with Crippen molar-refractivity contribution >= 4 is 21.7 Å². The Morgan fingerprint density at radius 1 is 0.862 bits per heavy atom. The summed E-state index contributed by atoms with van der Waals surface area (Å²) in [4.78, 5) is 16.4. The molecule has 2 aromatic rings. The highest BCUT2D eigenvalue weighted by Crippen LogP contribution is 2.23. The normalized spacial score (nSPS) is 15.1. The molecule has 2 aromatic carbocycles. The van der Waals surface area contributed by atoms with E-state index in [0.717, 1.165) is 17.4 Å². The molecule has 0 aromatic heterocycles. The molecule has 3 rings (SSSR count). The van der Waals surface area contributed by atoms with Crippen LogP contribution in [0.2, 0.25) is 0 Å². The first-order valence-corrected chi connectivity index (χ1v) is 11.6. The maximum absolute atomic E-state index is 12.8. The summed E-state index contributed by atoms with van der Waals surface area (Å²) in [5, 5.41) is 0. The molecule has 1 aliphatic rings. The number of urea groups is 1. The third-order valence-corrected chi connectivity index (χ3v) is 5.61. The SMILES string of the molecule is CC(C)(C)c1ccc(CN2CCN(Cc3ccc(NS(C)(=O)=O)cc3)C2=O)cc1. The Morgan fingerprint density at radius 3 is 1.72 bits per heavy atom. The van der Waals surface area contributed by atoms with Crippen molar-refractivity contribution in [2.75, 3.05) is 24.1 Å². The Bertz CT molecular complexity index is 962. The Hall–Kier alpha value is -2.54. The van der Waals surface area contributed by atoms with Crippen LogP contribution in [0.4, 0.5) is 10.5 Å². The molecular formula is C22H29N3O3S. The molecule has 0 saturated carbocycles. The summed E-state index contributed by atoms with van der Waals surface area (Å²) >= 11 is 0. The van der Waals surface area contributed by atoms with Crippen molar-refractivity contribution in [3.63, 3.8) is 0 Å². The number of rotatable bonds is 6. The first-order valence-electron chi connectivity index (χ1n) is 9.71. The van der Waals surface area contributed by atoms with Gasteiger partial charge in [0.2, 0.25) is 10.0 Å². The van der Waals surface area contributed by atoms with Crippen molar-refractivity contribution in [1.82, 2.24) is 9.80 Å². The number of carbonyl (C=O) groups excluding carboxylic acids is 1. The van der Waals surface area contributed by atoms with Crippen molar-refractivity contribution in [2.24, 2.45) is 0 Å². The highest BCUT2D eigenvalue weighted by molar-refractivity contribution is 7.92. The molecule has 0 aliphatic carbocycles. The van der Waals surface area contributed by atoms with Crippen molar-refractivity contribution in [3.05, 3.63) is 65.2 Å². The van der Waals surface area contributed by atoms with Crippen LogP contribution in [0.5, 0.6) is 0 Å². The van der Waals surface area contributed by atoms with E-state index in [4.69, 9.17) is 0 Å². The predicted octanol–water partition coefficient (Wildman–Crippen LogP) is 3.79. The van der Waals surface area contributed by atoms with E-state index in [2.05, 4.69) is 49.8 Å². The fourth-order valence-corrected chi connectivity index (χ4v) is 3.93. The Labute approximate surface area is 173 Å². The second kappa shape index (κ2) is 8.06. The van der Waals surface area contributed by atoms with Gasteiger partial charge in [0.1, 0.15) is 0 Å². The molecular weight excluding hydrogens is 386 g/mol. The Balaban J connectivity index is 1.58. The number of hydrogen-bond acceptors (Lipinski definition) is 3. The third-order valence-electron chi connectivity index (χ3n) is 5.00. The van der Waals surface area contributed by atoms with Gasteiger partial charge in [0.25, 0.3) is 0 Å². The van der Waals surface area contributed by atoms with E-state index in [1.807, 2.05) is 21.9 Å². The summed E-state index contributed by atoms with van der Waals surface area (Å²) < 4.78 is 25.0. The molecule has 1 aliphatic heterocycles. The fourth-order valence-electron chi connectivity index (χ4n) is 3.37. The second-order valence-electron chi connectivity index (χ2n) is 8.64. The van der Waals surface area contributed by atoms with Gasteiger partial charge in [0.15, 0.2) is 0 Å². The van der Waals surface area contributed by atoms with Crippen LogP contribution < -0.4 is 4.72 Å². The molecule has 2 amide bonds. The number of anilines is 1. The maximum Gasteiger partial charge on any atom is 0.320 e. The summed E-state index contributed by atoms with van der Waals surface area (Å²) in [6.45, 7) is 9.07. The molecule has 0 unspecified atom stereocenters. The van der Waals surface area contributed by atoms with Crippen molar-refractivity contribution in [1.29, 1.82) is 0 Å². The van der Waals surface area contributed by atoms with Gasteiger partial charge in [-0.25, -0.2) is 13.2 Å². The van der Waals surface area contributed by atoms with Gasteiger partial charge < -0.3 is 9.80 Å². The van der Waals surface area contributed by atoms with Crippen LogP contribution >= 0.6 is 0 Å². The van der Waals surface area contributed by atoms with Crippen molar-refractivity contribution in [3.8, 4) is 0 Å². The zero-order chi connectivity index (χ0) is 21.2. The monoisotopic (exact) mass is 415 g/mol. The van der Waals surface area contributed by atoms with Gasteiger partial charge in [-0.1, -0.05) is 57.2 Å². The number of nitrogens with one attached hydrogen (secondary N) is 1. The van der Waals surface area contributed by atoms with E-state index in [1.165, 1.54) is 5.56 Å². The summed E-state index contributed by atoms with van der Waals surface area (Å²) in [6.07, 6.45) is 1.12. The number of sulfonamides is 1. The summed E-state index contributed by atoms with van der Waals surface area (Å²) in [5.41, 5.74) is 4.01. The molecule has 1 N–H and O–H groups in total. The van der Waals surface area contributed by atoms with Crippen LogP contribution in [0, 0.1) is 0 Å². The Morgan fingerprint density at radius 2 is 1.31 bits per heavy atom. The van der Waals surface area contributed by atoms with E-state index in [9.17, 15) is 13.2 Å². The van der Waals surface area contributed by atoms with E-state index in [-0.39, 0.29) is 11.4 Å². The minimum atomic E-state index is -3.29. The van der Waals surface area contributed by atoms with Gasteiger partial charge in [0.05, 0.1) is 6.26 Å². The lowest BCUT2D eigenvalue weighted by Gasteiger charge is -2.21. The predicted molar refractivity (Wildman–Crippen MR) is 116 cm³/mol. The zero-order valence-electron chi connectivity index (χ0n) is 17.5. The molecule has 0 radical (unpaired) electrons. The molecule has 1 heterocycles. The van der Waals surface area contributed by atoms with Crippen LogP contribution in [0.1, 0.15) is 37.5 Å². The van der Waals surface area contributed by atoms with Gasteiger partial charge in [-0.2, -0.15) is 0 Å². The quantitative estimate of drug-likeness (QED) is 0.780. The average Bonchev–Trinajstić information content (AvgIpc) is 2.95. The van der Waals surface area contributed by atoms with Crippen LogP contribution in [-0.2, 0) is 28.5 Å². The topological polar surface area (TPSA) is 69.7 Å². The number of carbonyl (C=O) groups is 1. The van der Waals surface area contributed by atoms with Crippen LogP contribution in [-0.4, -0.2) is 43.6 Å². The lowest BCUT2D eigenvalue weighted by atomic mass is 9.87. The molecule has 1 saturated heterocycles. The van der Waals surface area contributed by atoms with Crippen molar-refractivity contribution in [2.45, 2.75) is 39.3 Å². The molecule has 1 fully saturated rings. The molecule has 6 nitrogen and oxygen atoms in total. The number of nitrogens with zero attached hydrogens (tertiary/aromatic N) is 2. The second-order valence-corrected chi connectivity index (χ2v) is 10.4. The van der Waals surface area contributed by atoms with Crippen LogP contribution in [0.3, 0.4) is 0 Å². The molecule has 156 valence electrons. The van der Waals surface area contributed by atoms with Gasteiger partial charge in [-0.3, -0.25) is 4.72 Å². The lowest BCUT2D eigenvalue weighted by molar-refractivity contribution is 0.189. The largest absolute Gasteiger partial charge is 0.320 e. The standard InChI is InChI=1S/C22H29N3O3S/c1-22(2,3)19-9-5-17(6-10-19)15-24-13-14-25(21(24)26)16-18-7-11-20(12-8-18)23-29(4,27)28/h5-12,23H,13-16H2,1-4H3. The molecule has 0 bridgehead atoms. The molecule has 29 heavy (non-hydrogen) atoms. The molecule has 0 spiro atoms. The summed E-state index contributed by atoms with van der Waals surface area (Å²) in [7, 11) is -3.29. The molecule has 0 atom stereocenters. The lowest BCUT2D eigenvalue weighted by Crippen LogP contribution is -2.31. The minimum Gasteiger partial charge on any atom is -0.319 e. The minimum absolute atomic E-state index is 0.0308. The van der Waals surface area contributed by atoms with Crippen LogP contribution in [0.25, 0.3) is 0 Å². The van der Waals surface area contributed by atoms with Crippen molar-refractivity contribution < 1.29 is 13.2 Å². The third kappa shape index (κ3) is 5.73. The average molecular weight is 416 g/mol. The summed E-state index contributed by atoms with van der Waals surface area (Å²) in [5.74, 6) is 0. The number of benzene rings is 2. The van der Waals surface area contributed by atoms with E-state index in [0.29, 0.717) is 31.9 Å². The number of hydrogen-bond donors (Lipinski definition) is 1. The maximum atomic E-state index is 12.8. The Kier molecular flexibility index (Phi) is 5.89. The van der Waals surface area contributed by atoms with Gasteiger partial charge >= 0.3 is 6.03 Å². The van der Waals surface area contributed by atoms with Crippen LogP contribution in [0.15, 0.2) is 48.5 Å². The zero-order valence-corrected chi connectivity index (χ0v) is 18.3. The first kappa shape index (κ1) is 21.2. The highest BCUT2D eigenvalue weighted by atomic mass is 32.2. The van der Waals surface area contributed by atoms with Gasteiger partial charge in [-0.05, 0) is 34.2 Å². The van der Waals surface area contributed by atoms with E-state index < -0.39 is 10.0 Å². The number of amides is 2. The highest BCUT2D eigenvalue weighted by Gasteiger charge is 2.28. The first-order chi connectivity index (χ1) is 13.5. The fraction of sp³-hybridized carbons (Fsp3) is 0.409. The van der Waals surface area contributed by atoms with Gasteiger partial charge in [-0.15, -0.1) is 0 Å². The van der Waals surface area contributed by atoms with E-state index >= 15 is 0 Å². The summed E-state index contributed by atoms with van der Waals surface area (Å²) in [6, 6.07) is 15.6.